The molecule has 0 bridgehead atoms. The van der Waals surface area contributed by atoms with E-state index in [4.69, 9.17) is 9.51 Å². The van der Waals surface area contributed by atoms with Crippen molar-refractivity contribution >= 4 is 11.8 Å². The van der Waals surface area contributed by atoms with Crippen LogP contribution in [0.5, 0.6) is 0 Å². The van der Waals surface area contributed by atoms with Crippen LogP contribution in [0.15, 0.2) is 16.8 Å². The molecular weight excluding hydrogens is 330 g/mol. The predicted molar refractivity (Wildman–Crippen MR) is 99.3 cm³/mol. The molecule has 0 fully saturated rings. The third-order valence-electron chi connectivity index (χ3n) is 4.98. The van der Waals surface area contributed by atoms with Gasteiger partial charge in [-0.3, -0.25) is 5.10 Å². The largest absolute Gasteiger partial charge is 0.361 e. The van der Waals surface area contributed by atoms with Crippen LogP contribution in [0.2, 0.25) is 0 Å². The topological polar surface area (TPSA) is 87.0 Å². The molecule has 0 unspecified atom stereocenters. The number of anilines is 2. The summed E-state index contributed by atoms with van der Waals surface area (Å²) < 4.78 is 5.33. The number of nitrogens with zero attached hydrogens (tertiary/aromatic N) is 6. The second kappa shape index (κ2) is 6.44. The highest BCUT2D eigenvalue weighted by Crippen LogP contribution is 2.33. The third-order valence-corrected chi connectivity index (χ3v) is 4.98. The van der Waals surface area contributed by atoms with E-state index in [9.17, 15) is 0 Å². The molecule has 3 aromatic rings. The smallest absolute Gasteiger partial charge is 0.227 e. The van der Waals surface area contributed by atoms with Gasteiger partial charge in [0.1, 0.15) is 17.3 Å². The zero-order valence-corrected chi connectivity index (χ0v) is 15.6. The van der Waals surface area contributed by atoms with Crippen LogP contribution in [0.1, 0.15) is 29.6 Å². The highest BCUT2D eigenvalue weighted by atomic mass is 16.5. The van der Waals surface area contributed by atoms with Crippen molar-refractivity contribution in [3.8, 4) is 11.3 Å². The average molecular weight is 353 g/mol. The Kier molecular flexibility index (Phi) is 4.10. The molecule has 1 aliphatic rings. The lowest BCUT2D eigenvalue weighted by molar-refractivity contribution is 0.393. The van der Waals surface area contributed by atoms with E-state index in [1.807, 2.05) is 33.2 Å². The molecule has 0 aliphatic carbocycles. The molecule has 136 valence electrons. The molecule has 0 saturated carbocycles. The minimum absolute atomic E-state index is 0.713. The summed E-state index contributed by atoms with van der Waals surface area (Å²) in [4.78, 5) is 13.5. The Morgan fingerprint density at radius 2 is 2.19 bits per heavy atom. The first-order valence-corrected chi connectivity index (χ1v) is 8.87. The van der Waals surface area contributed by atoms with Crippen molar-refractivity contribution in [2.24, 2.45) is 0 Å². The Bertz CT molecular complexity index is 910. The summed E-state index contributed by atoms with van der Waals surface area (Å²) in [7, 11) is 2.03. The molecule has 4 heterocycles. The highest BCUT2D eigenvalue weighted by molar-refractivity contribution is 5.69. The summed E-state index contributed by atoms with van der Waals surface area (Å²) in [5.74, 6) is 2.47. The van der Waals surface area contributed by atoms with Gasteiger partial charge in [-0.2, -0.15) is 10.1 Å². The van der Waals surface area contributed by atoms with E-state index >= 15 is 0 Å². The van der Waals surface area contributed by atoms with Gasteiger partial charge in [0, 0.05) is 50.6 Å². The number of hydrogen-bond acceptors (Lipinski definition) is 7. The van der Waals surface area contributed by atoms with Crippen LogP contribution in [0.25, 0.3) is 11.3 Å². The van der Waals surface area contributed by atoms with Crippen molar-refractivity contribution in [1.29, 1.82) is 0 Å². The van der Waals surface area contributed by atoms with Gasteiger partial charge in [0.25, 0.3) is 0 Å². The van der Waals surface area contributed by atoms with E-state index in [0.29, 0.717) is 6.54 Å². The van der Waals surface area contributed by atoms with Gasteiger partial charge in [-0.15, -0.1) is 0 Å². The summed E-state index contributed by atoms with van der Waals surface area (Å²) in [6.45, 7) is 8.44. The number of aryl methyl sites for hydroxylation is 2. The molecule has 0 atom stereocenters. The Balaban J connectivity index is 1.67. The van der Waals surface area contributed by atoms with Crippen LogP contribution < -0.4 is 9.80 Å². The van der Waals surface area contributed by atoms with Crippen LogP contribution in [0, 0.1) is 13.8 Å². The monoisotopic (exact) mass is 353 g/mol. The molecular formula is C18H23N7O. The second-order valence-corrected chi connectivity index (χ2v) is 6.63. The van der Waals surface area contributed by atoms with Crippen molar-refractivity contribution in [2.75, 3.05) is 29.9 Å². The van der Waals surface area contributed by atoms with Crippen molar-refractivity contribution in [2.45, 2.75) is 33.7 Å². The number of hydrogen-bond donors (Lipinski definition) is 1. The molecule has 3 aromatic heterocycles. The van der Waals surface area contributed by atoms with Gasteiger partial charge in [0.05, 0.1) is 11.3 Å². The molecule has 0 amide bonds. The molecule has 8 heteroatoms. The fourth-order valence-corrected chi connectivity index (χ4v) is 3.36. The fourth-order valence-electron chi connectivity index (χ4n) is 3.36. The van der Waals surface area contributed by atoms with Gasteiger partial charge in [-0.25, -0.2) is 4.98 Å². The Morgan fingerprint density at radius 1 is 1.35 bits per heavy atom. The maximum atomic E-state index is 5.33. The van der Waals surface area contributed by atoms with Crippen LogP contribution >= 0.6 is 0 Å². The fraction of sp³-hybridized carbons (Fsp3) is 0.444. The number of aromatic nitrogens is 5. The molecule has 0 spiro atoms. The Hall–Kier alpha value is -2.90. The first kappa shape index (κ1) is 16.6. The zero-order valence-electron chi connectivity index (χ0n) is 15.6. The van der Waals surface area contributed by atoms with Crippen LogP contribution in [-0.4, -0.2) is 45.5 Å². The van der Waals surface area contributed by atoms with E-state index in [-0.39, 0.29) is 0 Å². The minimum Gasteiger partial charge on any atom is -0.361 e. The summed E-state index contributed by atoms with van der Waals surface area (Å²) in [6.07, 6.45) is 2.70. The highest BCUT2D eigenvalue weighted by Gasteiger charge is 2.27. The number of fused-ring (bicyclic) bond motifs is 1. The van der Waals surface area contributed by atoms with Crippen LogP contribution in [0.3, 0.4) is 0 Å². The quantitative estimate of drug-likeness (QED) is 0.771. The normalized spacial score (nSPS) is 13.8. The molecule has 0 aromatic carbocycles. The predicted octanol–water partition coefficient (Wildman–Crippen LogP) is 2.49. The molecule has 8 nitrogen and oxygen atoms in total. The molecule has 4 rings (SSSR count). The summed E-state index contributed by atoms with van der Waals surface area (Å²) in [5, 5.41) is 11.8. The number of aromatic amines is 1. The maximum Gasteiger partial charge on any atom is 0.227 e. The number of rotatable bonds is 4. The third kappa shape index (κ3) is 2.71. The SMILES string of the molecule is CCN(C)c1ccnc(N2CCc3[nH]nc(-c4c(C)noc4C)c3C2)n1. The van der Waals surface area contributed by atoms with Crippen molar-refractivity contribution in [1.82, 2.24) is 25.3 Å². The van der Waals surface area contributed by atoms with Gasteiger partial charge in [-0.05, 0) is 26.8 Å². The lowest BCUT2D eigenvalue weighted by atomic mass is 10.0. The number of H-pyrrole nitrogens is 1. The second-order valence-electron chi connectivity index (χ2n) is 6.63. The molecule has 26 heavy (non-hydrogen) atoms. The molecule has 0 saturated heterocycles. The Morgan fingerprint density at radius 3 is 2.92 bits per heavy atom. The minimum atomic E-state index is 0.713. The van der Waals surface area contributed by atoms with Crippen molar-refractivity contribution in [3.63, 3.8) is 0 Å². The summed E-state index contributed by atoms with van der Waals surface area (Å²) in [5.41, 5.74) is 5.09. The van der Waals surface area contributed by atoms with Crippen LogP contribution in [-0.2, 0) is 13.0 Å². The average Bonchev–Trinajstić information content (AvgIpc) is 3.23. The van der Waals surface area contributed by atoms with Gasteiger partial charge < -0.3 is 14.3 Å². The van der Waals surface area contributed by atoms with E-state index < -0.39 is 0 Å². The van der Waals surface area contributed by atoms with Gasteiger partial charge in [0.15, 0.2) is 0 Å². The van der Waals surface area contributed by atoms with Gasteiger partial charge in [0.2, 0.25) is 5.95 Å². The Labute approximate surface area is 152 Å². The van der Waals surface area contributed by atoms with E-state index in [1.54, 1.807) is 0 Å². The molecule has 1 aliphatic heterocycles. The summed E-state index contributed by atoms with van der Waals surface area (Å²) >= 11 is 0. The van der Waals surface area contributed by atoms with Gasteiger partial charge in [-0.1, -0.05) is 5.16 Å². The molecule has 1 N–H and O–H groups in total. The van der Waals surface area contributed by atoms with Gasteiger partial charge >= 0.3 is 0 Å². The van der Waals surface area contributed by atoms with E-state index in [2.05, 4.69) is 37.1 Å². The first-order chi connectivity index (χ1) is 12.6. The first-order valence-electron chi connectivity index (χ1n) is 8.87. The zero-order chi connectivity index (χ0) is 18.3. The van der Waals surface area contributed by atoms with E-state index in [1.165, 1.54) is 5.56 Å². The lowest BCUT2D eigenvalue weighted by Gasteiger charge is -2.28. The standard InChI is InChI=1S/C18H23N7O/c1-5-24(4)15-6-8-19-18(20-15)25-9-7-14-13(10-25)17(22-21-14)16-11(2)23-26-12(16)3/h6,8H,5,7,9-10H2,1-4H3,(H,21,22). The van der Waals surface area contributed by atoms with Crippen molar-refractivity contribution in [3.05, 3.63) is 35.0 Å². The summed E-state index contributed by atoms with van der Waals surface area (Å²) in [6, 6.07) is 1.94. The van der Waals surface area contributed by atoms with Crippen molar-refractivity contribution < 1.29 is 4.52 Å². The maximum absolute atomic E-state index is 5.33. The lowest BCUT2D eigenvalue weighted by Crippen LogP contribution is -2.32. The van der Waals surface area contributed by atoms with Crippen LogP contribution in [0.4, 0.5) is 11.8 Å². The van der Waals surface area contributed by atoms with E-state index in [0.717, 1.165) is 59.7 Å². The number of nitrogens with one attached hydrogen (secondary N) is 1. The molecule has 0 radical (unpaired) electrons.